The average molecular weight is 146 g/mol. The predicted molar refractivity (Wildman–Crippen MR) is 34.3 cm³/mol. The molecule has 0 saturated carbocycles. The van der Waals surface area contributed by atoms with Crippen molar-refractivity contribution >= 4 is 6.16 Å². The molecule has 0 saturated heterocycles. The number of aliphatic hydroxyl groups excluding tert-OH is 1. The number of hydrogen-bond donors (Lipinski definition) is 1. The summed E-state index contributed by atoms with van der Waals surface area (Å²) in [6.45, 7) is 3.33. The van der Waals surface area contributed by atoms with Crippen LogP contribution in [0.4, 0.5) is 4.79 Å². The summed E-state index contributed by atoms with van der Waals surface area (Å²) in [6, 6.07) is 0. The zero-order chi connectivity index (χ0) is 7.82. The van der Waals surface area contributed by atoms with Gasteiger partial charge in [-0.1, -0.05) is 6.58 Å². The minimum Gasteiger partial charge on any atom is -0.434 e. The van der Waals surface area contributed by atoms with Crippen molar-refractivity contribution < 1.29 is 19.4 Å². The normalized spacial score (nSPS) is 8.50. The van der Waals surface area contributed by atoms with Gasteiger partial charge in [-0.25, -0.2) is 4.79 Å². The summed E-state index contributed by atoms with van der Waals surface area (Å²) in [4.78, 5) is 10.3. The summed E-state index contributed by atoms with van der Waals surface area (Å²) in [6.07, 6.45) is 0.622. The van der Waals surface area contributed by atoms with E-state index in [-0.39, 0.29) is 13.2 Å². The Morgan fingerprint density at radius 3 is 2.90 bits per heavy atom. The highest BCUT2D eigenvalue weighted by Gasteiger charge is 1.98. The molecule has 4 nitrogen and oxygen atoms in total. The Labute approximate surface area is 59.1 Å². The highest BCUT2D eigenvalue weighted by molar-refractivity contribution is 5.60. The molecule has 0 fully saturated rings. The van der Waals surface area contributed by atoms with Crippen molar-refractivity contribution in [2.45, 2.75) is 6.42 Å². The molecule has 0 aliphatic carbocycles. The summed E-state index contributed by atoms with van der Waals surface area (Å²) in [5.74, 6) is 0. The number of carbonyl (C=O) groups is 1. The molecule has 0 rings (SSSR count). The van der Waals surface area contributed by atoms with E-state index in [9.17, 15) is 4.79 Å². The second-order valence-electron chi connectivity index (χ2n) is 1.46. The molecule has 0 aromatic rings. The Morgan fingerprint density at radius 1 is 1.70 bits per heavy atom. The smallest absolute Gasteiger partial charge is 0.434 e. The number of aliphatic hydroxyl groups is 1. The second kappa shape index (κ2) is 6.10. The van der Waals surface area contributed by atoms with E-state index in [1.54, 1.807) is 0 Å². The highest BCUT2D eigenvalue weighted by Crippen LogP contribution is 1.86. The molecule has 1 N–H and O–H groups in total. The van der Waals surface area contributed by atoms with Crippen LogP contribution in [-0.2, 0) is 9.47 Å². The van der Waals surface area contributed by atoms with Crippen molar-refractivity contribution in [1.29, 1.82) is 0 Å². The van der Waals surface area contributed by atoms with E-state index in [0.29, 0.717) is 6.42 Å². The monoisotopic (exact) mass is 146 g/mol. The quantitative estimate of drug-likeness (QED) is 0.359. The van der Waals surface area contributed by atoms with Gasteiger partial charge in [0.05, 0.1) is 12.9 Å². The van der Waals surface area contributed by atoms with Crippen LogP contribution < -0.4 is 0 Å². The van der Waals surface area contributed by atoms with E-state index < -0.39 is 6.16 Å². The second-order valence-corrected chi connectivity index (χ2v) is 1.46. The largest absolute Gasteiger partial charge is 0.513 e. The third kappa shape index (κ3) is 5.11. The van der Waals surface area contributed by atoms with Gasteiger partial charge in [-0.15, -0.1) is 0 Å². The molecule has 58 valence electrons. The Kier molecular flexibility index (Phi) is 5.47. The maximum Gasteiger partial charge on any atom is 0.513 e. The lowest BCUT2D eigenvalue weighted by molar-refractivity contribution is 0.0793. The number of carbonyl (C=O) groups excluding carboxylic acids is 1. The molecule has 0 spiro atoms. The van der Waals surface area contributed by atoms with Crippen LogP contribution in [0.3, 0.4) is 0 Å². The SMILES string of the molecule is C=COC(=O)OCCCO. The molecule has 0 aliphatic rings. The fraction of sp³-hybridized carbons (Fsp3) is 0.500. The van der Waals surface area contributed by atoms with E-state index >= 15 is 0 Å². The zero-order valence-corrected chi connectivity index (χ0v) is 5.58. The van der Waals surface area contributed by atoms with Crippen LogP contribution in [0.1, 0.15) is 6.42 Å². The Balaban J connectivity index is 3.13. The summed E-state index contributed by atoms with van der Waals surface area (Å²) in [5, 5.41) is 8.26. The van der Waals surface area contributed by atoms with Gasteiger partial charge in [0, 0.05) is 13.0 Å². The van der Waals surface area contributed by atoms with Crippen molar-refractivity contribution in [2.75, 3.05) is 13.2 Å². The Morgan fingerprint density at radius 2 is 2.40 bits per heavy atom. The van der Waals surface area contributed by atoms with E-state index in [1.807, 2.05) is 0 Å². The maximum atomic E-state index is 10.3. The summed E-state index contributed by atoms with van der Waals surface area (Å²) < 4.78 is 8.64. The molecular weight excluding hydrogens is 136 g/mol. The summed E-state index contributed by atoms with van der Waals surface area (Å²) in [7, 11) is 0. The van der Waals surface area contributed by atoms with Crippen LogP contribution in [0, 0.1) is 0 Å². The standard InChI is InChI=1S/C6H10O4/c1-2-9-6(8)10-5-3-4-7/h2,7H,1,3-5H2. The van der Waals surface area contributed by atoms with E-state index in [1.165, 1.54) is 0 Å². The zero-order valence-electron chi connectivity index (χ0n) is 5.58. The number of rotatable bonds is 4. The molecule has 0 aromatic heterocycles. The molecule has 0 atom stereocenters. The molecule has 0 heterocycles. The maximum absolute atomic E-state index is 10.3. The lowest BCUT2D eigenvalue weighted by Crippen LogP contribution is -2.05. The minimum absolute atomic E-state index is 0.00136. The van der Waals surface area contributed by atoms with Crippen LogP contribution in [-0.4, -0.2) is 24.5 Å². The van der Waals surface area contributed by atoms with Crippen molar-refractivity contribution in [3.63, 3.8) is 0 Å². The van der Waals surface area contributed by atoms with Gasteiger partial charge in [-0.3, -0.25) is 0 Å². The van der Waals surface area contributed by atoms with E-state index in [4.69, 9.17) is 5.11 Å². The van der Waals surface area contributed by atoms with Crippen molar-refractivity contribution in [2.24, 2.45) is 0 Å². The van der Waals surface area contributed by atoms with Gasteiger partial charge in [0.25, 0.3) is 0 Å². The molecule has 0 aromatic carbocycles. The first-order chi connectivity index (χ1) is 4.81. The van der Waals surface area contributed by atoms with Gasteiger partial charge in [0.1, 0.15) is 0 Å². The third-order valence-electron chi connectivity index (χ3n) is 0.702. The first-order valence-corrected chi connectivity index (χ1v) is 2.86. The fourth-order valence-electron chi connectivity index (χ4n) is 0.322. The average Bonchev–Trinajstić information content (AvgIpc) is 1.89. The Bertz CT molecular complexity index is 110. The van der Waals surface area contributed by atoms with Crippen LogP contribution in [0.5, 0.6) is 0 Å². The Hall–Kier alpha value is -1.03. The number of ether oxygens (including phenoxy) is 2. The molecule has 0 bridgehead atoms. The molecule has 10 heavy (non-hydrogen) atoms. The predicted octanol–water partition coefficient (Wildman–Crippen LogP) is 0.665. The van der Waals surface area contributed by atoms with E-state index in [0.717, 1.165) is 6.26 Å². The van der Waals surface area contributed by atoms with Crippen molar-refractivity contribution in [3.8, 4) is 0 Å². The van der Waals surface area contributed by atoms with E-state index in [2.05, 4.69) is 16.1 Å². The first kappa shape index (κ1) is 8.97. The third-order valence-corrected chi connectivity index (χ3v) is 0.702. The molecule has 0 aliphatic heterocycles. The molecule has 0 unspecified atom stereocenters. The molecule has 4 heteroatoms. The lowest BCUT2D eigenvalue weighted by atomic mass is 10.5. The summed E-state index contributed by atoms with van der Waals surface area (Å²) >= 11 is 0. The van der Waals surface area contributed by atoms with Crippen LogP contribution in [0.15, 0.2) is 12.8 Å². The molecule has 0 radical (unpaired) electrons. The van der Waals surface area contributed by atoms with Crippen molar-refractivity contribution in [3.05, 3.63) is 12.8 Å². The van der Waals surface area contributed by atoms with Crippen molar-refractivity contribution in [1.82, 2.24) is 0 Å². The van der Waals surface area contributed by atoms with Gasteiger partial charge in [-0.2, -0.15) is 0 Å². The molecular formula is C6H10O4. The van der Waals surface area contributed by atoms with Gasteiger partial charge < -0.3 is 14.6 Å². The van der Waals surface area contributed by atoms with Gasteiger partial charge >= 0.3 is 6.16 Å². The lowest BCUT2D eigenvalue weighted by Gasteiger charge is -1.99. The van der Waals surface area contributed by atoms with Crippen LogP contribution >= 0.6 is 0 Å². The van der Waals surface area contributed by atoms with Gasteiger partial charge in [0.15, 0.2) is 0 Å². The minimum atomic E-state index is -0.788. The first-order valence-electron chi connectivity index (χ1n) is 2.86. The van der Waals surface area contributed by atoms with Gasteiger partial charge in [-0.05, 0) is 0 Å². The van der Waals surface area contributed by atoms with Crippen LogP contribution in [0.2, 0.25) is 0 Å². The summed E-state index contributed by atoms with van der Waals surface area (Å²) in [5.41, 5.74) is 0. The van der Waals surface area contributed by atoms with Crippen LogP contribution in [0.25, 0.3) is 0 Å². The van der Waals surface area contributed by atoms with Gasteiger partial charge in [0.2, 0.25) is 0 Å². The molecule has 0 amide bonds. The topological polar surface area (TPSA) is 55.8 Å². The fourth-order valence-corrected chi connectivity index (χ4v) is 0.322. The number of hydrogen-bond acceptors (Lipinski definition) is 4. The highest BCUT2D eigenvalue weighted by atomic mass is 16.7.